The molecule has 0 fully saturated rings. The Balaban J connectivity index is 1.04. The third-order valence-electron chi connectivity index (χ3n) is 13.3. The van der Waals surface area contributed by atoms with Gasteiger partial charge in [0, 0.05) is 22.5 Å². The third-order valence-corrected chi connectivity index (χ3v) is 15.3. The van der Waals surface area contributed by atoms with Crippen LogP contribution in [0.4, 0.5) is 17.1 Å². The van der Waals surface area contributed by atoms with E-state index in [1.165, 1.54) is 94.4 Å². The van der Waals surface area contributed by atoms with E-state index < -0.39 is 8.07 Å². The van der Waals surface area contributed by atoms with Crippen LogP contribution in [0.3, 0.4) is 0 Å². The molecule has 2 heteroatoms. The average Bonchev–Trinajstić information content (AvgIpc) is 3.79. The summed E-state index contributed by atoms with van der Waals surface area (Å²) in [5, 5.41) is 1.47. The molecule has 8 aromatic rings. The SMILES string of the molecule is CC1(C)c2ccccc2-c2ccc(N(c3ccc(-c4ccc5c(c4)C4(c6ccccc6-c6ccccc64)c4ccccc4-5)cc3)c3ccc([Si](C)(C)C)cc3)cc21. The maximum absolute atomic E-state index is 2.48. The lowest BCUT2D eigenvalue weighted by Crippen LogP contribution is -2.37. The third kappa shape index (κ3) is 4.80. The smallest absolute Gasteiger partial charge is 0.0775 e. The van der Waals surface area contributed by atoms with Crippen molar-refractivity contribution in [1.29, 1.82) is 0 Å². The fourth-order valence-corrected chi connectivity index (χ4v) is 11.6. The van der Waals surface area contributed by atoms with Crippen LogP contribution in [0.15, 0.2) is 182 Å². The van der Waals surface area contributed by atoms with Gasteiger partial charge < -0.3 is 4.90 Å². The molecule has 0 atom stereocenters. The minimum Gasteiger partial charge on any atom is -0.310 e. The second-order valence-corrected chi connectivity index (χ2v) is 22.8. The van der Waals surface area contributed by atoms with Crippen LogP contribution in [0.25, 0.3) is 44.5 Å². The maximum atomic E-state index is 2.48. The van der Waals surface area contributed by atoms with Crippen molar-refractivity contribution in [1.82, 2.24) is 0 Å². The predicted molar refractivity (Wildman–Crippen MR) is 243 cm³/mol. The van der Waals surface area contributed by atoms with Crippen LogP contribution in [-0.2, 0) is 10.8 Å². The molecule has 3 aliphatic carbocycles. The summed E-state index contributed by atoms with van der Waals surface area (Å²) in [6, 6.07) is 68.9. The molecule has 0 saturated carbocycles. The first-order valence-corrected chi connectivity index (χ1v) is 23.8. The van der Waals surface area contributed by atoms with Gasteiger partial charge in [0.25, 0.3) is 0 Å². The van der Waals surface area contributed by atoms with E-state index in [0.29, 0.717) is 0 Å². The summed E-state index contributed by atoms with van der Waals surface area (Å²) in [6.07, 6.45) is 0. The molecular weight excluding hydrogens is 703 g/mol. The van der Waals surface area contributed by atoms with Crippen molar-refractivity contribution < 1.29 is 0 Å². The maximum Gasteiger partial charge on any atom is 0.0775 e. The highest BCUT2D eigenvalue weighted by Crippen LogP contribution is 2.63. The predicted octanol–water partition coefficient (Wildman–Crippen LogP) is 14.0. The second-order valence-electron chi connectivity index (χ2n) is 17.7. The Hall–Kier alpha value is -6.22. The zero-order valence-electron chi connectivity index (χ0n) is 33.3. The van der Waals surface area contributed by atoms with Crippen LogP contribution >= 0.6 is 0 Å². The zero-order valence-corrected chi connectivity index (χ0v) is 34.3. The average molecular weight is 748 g/mol. The van der Waals surface area contributed by atoms with Gasteiger partial charge in [-0.1, -0.05) is 178 Å². The van der Waals surface area contributed by atoms with Crippen molar-refractivity contribution in [2.75, 3.05) is 4.90 Å². The first-order valence-electron chi connectivity index (χ1n) is 20.3. The summed E-state index contributed by atoms with van der Waals surface area (Å²) in [5.74, 6) is 0. The fraction of sp³-hybridized carbons (Fsp3) is 0.127. The molecule has 0 aliphatic heterocycles. The number of rotatable bonds is 5. The van der Waals surface area contributed by atoms with E-state index in [2.05, 4.69) is 220 Å². The lowest BCUT2D eigenvalue weighted by molar-refractivity contribution is 0.660. The molecule has 0 aromatic heterocycles. The Morgan fingerprint density at radius 1 is 0.351 bits per heavy atom. The minimum absolute atomic E-state index is 0.0793. The monoisotopic (exact) mass is 747 g/mol. The lowest BCUT2D eigenvalue weighted by Gasteiger charge is -2.30. The molecule has 0 radical (unpaired) electrons. The molecule has 0 unspecified atom stereocenters. The Morgan fingerprint density at radius 2 is 0.754 bits per heavy atom. The van der Waals surface area contributed by atoms with Gasteiger partial charge in [0.15, 0.2) is 0 Å². The van der Waals surface area contributed by atoms with E-state index in [-0.39, 0.29) is 10.8 Å². The fourth-order valence-electron chi connectivity index (χ4n) is 10.5. The molecule has 57 heavy (non-hydrogen) atoms. The van der Waals surface area contributed by atoms with Gasteiger partial charge in [-0.3, -0.25) is 0 Å². The van der Waals surface area contributed by atoms with Gasteiger partial charge in [-0.15, -0.1) is 0 Å². The molecule has 3 aliphatic rings. The van der Waals surface area contributed by atoms with Crippen molar-refractivity contribution in [2.45, 2.75) is 44.3 Å². The van der Waals surface area contributed by atoms with Gasteiger partial charge in [-0.05, 0) is 120 Å². The number of nitrogens with zero attached hydrogens (tertiary/aromatic N) is 1. The Kier molecular flexibility index (Phi) is 7.25. The van der Waals surface area contributed by atoms with Gasteiger partial charge in [0.2, 0.25) is 0 Å². The highest BCUT2D eigenvalue weighted by molar-refractivity contribution is 6.88. The van der Waals surface area contributed by atoms with Crippen molar-refractivity contribution >= 4 is 30.3 Å². The normalized spacial score (nSPS) is 14.7. The van der Waals surface area contributed by atoms with Gasteiger partial charge in [0.05, 0.1) is 13.5 Å². The summed E-state index contributed by atoms with van der Waals surface area (Å²) < 4.78 is 0. The molecule has 0 saturated heterocycles. The van der Waals surface area contributed by atoms with Gasteiger partial charge in [-0.25, -0.2) is 0 Å². The van der Waals surface area contributed by atoms with Crippen LogP contribution in [0, 0.1) is 0 Å². The summed E-state index contributed by atoms with van der Waals surface area (Å²) in [7, 11) is -1.46. The number of hydrogen-bond donors (Lipinski definition) is 0. The van der Waals surface area contributed by atoms with Gasteiger partial charge in [0.1, 0.15) is 0 Å². The molecule has 0 N–H and O–H groups in total. The van der Waals surface area contributed by atoms with Crippen LogP contribution in [0.2, 0.25) is 19.6 Å². The molecule has 1 nitrogen and oxygen atoms in total. The Bertz CT molecular complexity index is 2840. The first kappa shape index (κ1) is 34.1. The molecule has 0 heterocycles. The van der Waals surface area contributed by atoms with E-state index in [1.54, 1.807) is 0 Å². The Morgan fingerprint density at radius 3 is 1.30 bits per heavy atom. The summed E-state index contributed by atoms with van der Waals surface area (Å²) in [6.45, 7) is 12.0. The van der Waals surface area contributed by atoms with Crippen molar-refractivity contribution in [2.24, 2.45) is 0 Å². The minimum atomic E-state index is -1.46. The summed E-state index contributed by atoms with van der Waals surface area (Å²) >= 11 is 0. The second kappa shape index (κ2) is 12.1. The molecular formula is C55H45NSi. The van der Waals surface area contributed by atoms with Crippen molar-refractivity contribution in [3.63, 3.8) is 0 Å². The molecule has 0 amide bonds. The highest BCUT2D eigenvalue weighted by atomic mass is 28.3. The largest absolute Gasteiger partial charge is 0.310 e. The van der Waals surface area contributed by atoms with Gasteiger partial charge >= 0.3 is 0 Å². The Labute approximate surface area is 338 Å². The van der Waals surface area contributed by atoms with Gasteiger partial charge in [-0.2, -0.15) is 0 Å². The molecule has 8 aromatic carbocycles. The molecule has 1 spiro atoms. The van der Waals surface area contributed by atoms with E-state index in [9.17, 15) is 0 Å². The standard InChI is InChI=1S/C55H45NSi/c1-54(2)48-18-10-6-14-42(48)46-33-29-40(35-52(46)54)56(39-27-30-41(31-28-39)57(3,4)5)38-25-22-36(23-26-38)37-24-32-47-45-17-9-13-21-51(45)55(53(47)34-37)49-19-11-7-15-43(49)44-16-8-12-20-50(44)55/h6-35H,1-5H3. The quantitative estimate of drug-likeness (QED) is 0.159. The van der Waals surface area contributed by atoms with Crippen molar-refractivity contribution in [3.8, 4) is 44.5 Å². The lowest BCUT2D eigenvalue weighted by atomic mass is 9.70. The first-order chi connectivity index (χ1) is 27.7. The van der Waals surface area contributed by atoms with E-state index in [4.69, 9.17) is 0 Å². The summed E-state index contributed by atoms with van der Waals surface area (Å²) in [4.78, 5) is 2.44. The molecule has 11 rings (SSSR count). The van der Waals surface area contributed by atoms with Crippen molar-refractivity contribution in [3.05, 3.63) is 215 Å². The van der Waals surface area contributed by atoms with Crippen LogP contribution < -0.4 is 10.1 Å². The topological polar surface area (TPSA) is 3.24 Å². The van der Waals surface area contributed by atoms with E-state index in [1.807, 2.05) is 0 Å². The summed E-state index contributed by atoms with van der Waals surface area (Å²) in [5.41, 5.74) is 21.8. The van der Waals surface area contributed by atoms with E-state index in [0.717, 1.165) is 5.69 Å². The zero-order chi connectivity index (χ0) is 38.7. The number of hydrogen-bond acceptors (Lipinski definition) is 1. The number of anilines is 3. The highest BCUT2D eigenvalue weighted by Gasteiger charge is 2.51. The number of benzene rings is 8. The van der Waals surface area contributed by atoms with Crippen LogP contribution in [-0.4, -0.2) is 8.07 Å². The van der Waals surface area contributed by atoms with Crippen LogP contribution in [0.5, 0.6) is 0 Å². The molecule has 0 bridgehead atoms. The number of fused-ring (bicyclic) bond motifs is 13. The molecule has 274 valence electrons. The van der Waals surface area contributed by atoms with E-state index >= 15 is 0 Å². The van der Waals surface area contributed by atoms with Crippen LogP contribution in [0.1, 0.15) is 47.2 Å².